The van der Waals surface area contributed by atoms with Crippen LogP contribution in [0.15, 0.2) is 34.9 Å². The molecule has 6 amide bonds. The van der Waals surface area contributed by atoms with Gasteiger partial charge in [-0.2, -0.15) is 0 Å². The summed E-state index contributed by atoms with van der Waals surface area (Å²) in [5.74, 6) is -6.86. The normalized spacial score (nSPS) is 24.0. The van der Waals surface area contributed by atoms with Gasteiger partial charge in [-0.25, -0.2) is 14.4 Å². The molecular weight excluding hydrogens is 792 g/mol. The Bertz CT molecular complexity index is 1440. The van der Waals surface area contributed by atoms with Gasteiger partial charge in [-0.05, 0) is 59.3 Å². The standard InChI is InChI=1S/C39H57N6O15/c1-25-13-19-58-37(52)31(40-28(4)46)11-8-17-44(56)35(50)23-27(3)15-21-60-39(54)33(42-30(6)48)12-9-18-45(57)36(51)24-26(2)14-20-59-38(53)32(41-29(5)47)10-7-16-43(55)34(49)22-25/h22-24,31-33H,7-21H2,1-6H3,(H,40,46)(H,41,47)(H,42,48)/q-3/b25-22+,26-24+,27-23?/t31-,32-,33?/m0/s1. The lowest BCUT2D eigenvalue weighted by Gasteiger charge is -2.28. The van der Waals surface area contributed by atoms with Crippen LogP contribution in [0, 0.1) is 15.6 Å². The number of hydrogen-bond donors (Lipinski definition) is 3. The van der Waals surface area contributed by atoms with E-state index in [0.717, 1.165) is 18.2 Å². The third-order valence-corrected chi connectivity index (χ3v) is 8.62. The van der Waals surface area contributed by atoms with Gasteiger partial charge in [0.15, 0.2) is 0 Å². The molecule has 336 valence electrons. The van der Waals surface area contributed by atoms with E-state index in [9.17, 15) is 58.8 Å². The Morgan fingerprint density at radius 2 is 0.733 bits per heavy atom. The van der Waals surface area contributed by atoms with Crippen molar-refractivity contribution in [1.82, 2.24) is 31.1 Å². The van der Waals surface area contributed by atoms with Gasteiger partial charge >= 0.3 is 17.9 Å². The summed E-state index contributed by atoms with van der Waals surface area (Å²) in [5.41, 5.74) is 1.16. The highest BCUT2D eigenvalue weighted by Crippen LogP contribution is 2.11. The van der Waals surface area contributed by atoms with E-state index < -0.39 is 71.5 Å². The van der Waals surface area contributed by atoms with Crippen LogP contribution in [0.3, 0.4) is 0 Å². The molecule has 1 unspecified atom stereocenters. The predicted octanol–water partition coefficient (Wildman–Crippen LogP) is 1.47. The molecule has 1 heterocycles. The summed E-state index contributed by atoms with van der Waals surface area (Å²) >= 11 is 0. The number of ether oxygens (including phenoxy) is 3. The van der Waals surface area contributed by atoms with Crippen LogP contribution in [0.4, 0.5) is 0 Å². The van der Waals surface area contributed by atoms with E-state index in [1.165, 1.54) is 41.5 Å². The molecule has 0 saturated carbocycles. The zero-order valence-corrected chi connectivity index (χ0v) is 35.0. The molecule has 1 rings (SSSR count). The fraction of sp³-hybridized carbons (Fsp3) is 0.615. The van der Waals surface area contributed by atoms with Crippen molar-refractivity contribution in [1.29, 1.82) is 0 Å². The molecule has 0 saturated heterocycles. The maximum Gasteiger partial charge on any atom is 0.328 e. The Hall–Kier alpha value is -5.67. The van der Waals surface area contributed by atoms with E-state index in [0.29, 0.717) is 16.7 Å². The SMILES string of the molecule is CC(=O)NC1CCCN([O-])C(=O)/C=C(\C)CCOC(=O)[C@@H](NC(C)=O)CCCN([O-])C(=O)/C=C(\C)CCOC(=O)[C@@H](NC(C)=O)CCCN([O-])C(=O)C=C(C)CCOC1=O. The second-order valence-electron chi connectivity index (χ2n) is 14.2. The number of nitrogens with zero attached hydrogens (tertiary/aromatic N) is 3. The summed E-state index contributed by atoms with van der Waals surface area (Å²) in [7, 11) is 0. The fourth-order valence-electron chi connectivity index (χ4n) is 5.44. The molecule has 21 heteroatoms. The van der Waals surface area contributed by atoms with Crippen molar-refractivity contribution < 1.29 is 57.4 Å². The van der Waals surface area contributed by atoms with E-state index in [1.54, 1.807) is 0 Å². The largest absolute Gasteiger partial charge is 0.756 e. The van der Waals surface area contributed by atoms with Gasteiger partial charge in [0.25, 0.3) is 0 Å². The topological polar surface area (TPSA) is 296 Å². The summed E-state index contributed by atoms with van der Waals surface area (Å²) in [6, 6.07) is -3.46. The lowest BCUT2D eigenvalue weighted by Crippen LogP contribution is -2.41. The molecule has 3 N–H and O–H groups in total. The Balaban J connectivity index is 3.15. The molecule has 0 radical (unpaired) electrons. The predicted molar refractivity (Wildman–Crippen MR) is 214 cm³/mol. The van der Waals surface area contributed by atoms with Gasteiger partial charge < -0.3 is 61.0 Å². The lowest BCUT2D eigenvalue weighted by molar-refractivity contribution is -0.148. The average molecular weight is 850 g/mol. The Labute approximate surface area is 349 Å². The zero-order chi connectivity index (χ0) is 45.4. The van der Waals surface area contributed by atoms with E-state index in [4.69, 9.17) is 14.2 Å². The van der Waals surface area contributed by atoms with Crippen LogP contribution in [-0.4, -0.2) is 126 Å². The van der Waals surface area contributed by atoms with Crippen LogP contribution in [0.25, 0.3) is 0 Å². The number of esters is 3. The van der Waals surface area contributed by atoms with Crippen molar-refractivity contribution in [2.45, 2.75) is 117 Å². The number of amides is 6. The molecule has 0 aliphatic carbocycles. The van der Waals surface area contributed by atoms with Crippen LogP contribution in [0.1, 0.15) is 99.3 Å². The molecule has 0 bridgehead atoms. The number of cyclic esters (lactones) is 3. The molecule has 21 nitrogen and oxygen atoms in total. The molecular formula is C39H57N6O15-3. The molecule has 0 fully saturated rings. The van der Waals surface area contributed by atoms with Gasteiger partial charge in [-0.15, -0.1) is 0 Å². The molecule has 1 aliphatic rings. The van der Waals surface area contributed by atoms with Crippen LogP contribution >= 0.6 is 0 Å². The average Bonchev–Trinajstić information content (AvgIpc) is 3.15. The lowest BCUT2D eigenvalue weighted by atomic mass is 10.1. The maximum absolute atomic E-state index is 12.8. The second kappa shape index (κ2) is 27.9. The van der Waals surface area contributed by atoms with Crippen molar-refractivity contribution in [3.8, 4) is 0 Å². The van der Waals surface area contributed by atoms with E-state index in [1.807, 2.05) is 0 Å². The van der Waals surface area contributed by atoms with Gasteiger partial charge in [0.1, 0.15) is 18.1 Å². The Morgan fingerprint density at radius 3 is 0.950 bits per heavy atom. The first kappa shape index (κ1) is 52.3. The van der Waals surface area contributed by atoms with Gasteiger partial charge in [0, 0.05) is 77.9 Å². The maximum atomic E-state index is 12.8. The summed E-state index contributed by atoms with van der Waals surface area (Å²) in [4.78, 5) is 111. The molecule has 0 aromatic rings. The number of hydroxylamine groups is 6. The minimum Gasteiger partial charge on any atom is -0.756 e. The molecule has 3 atom stereocenters. The number of carbonyl (C=O) groups is 9. The van der Waals surface area contributed by atoms with Crippen molar-refractivity contribution in [2.24, 2.45) is 0 Å². The monoisotopic (exact) mass is 849 g/mol. The molecule has 0 aromatic carbocycles. The Morgan fingerprint density at radius 1 is 0.500 bits per heavy atom. The fourth-order valence-corrected chi connectivity index (χ4v) is 5.44. The summed E-state index contributed by atoms with van der Waals surface area (Å²) in [6.45, 7) is 6.46. The van der Waals surface area contributed by atoms with Crippen LogP contribution < -0.4 is 16.0 Å². The zero-order valence-electron chi connectivity index (χ0n) is 35.0. The minimum absolute atomic E-state index is 0.00154. The van der Waals surface area contributed by atoms with Crippen LogP contribution in [-0.2, 0) is 57.4 Å². The first-order valence-electron chi connectivity index (χ1n) is 19.5. The first-order valence-corrected chi connectivity index (χ1v) is 19.5. The molecule has 60 heavy (non-hydrogen) atoms. The molecule has 1 aliphatic heterocycles. The molecule has 0 spiro atoms. The van der Waals surface area contributed by atoms with Crippen molar-refractivity contribution >= 4 is 53.4 Å². The number of rotatable bonds is 3. The minimum atomic E-state index is -1.15. The quantitative estimate of drug-likeness (QED) is 0.268. The van der Waals surface area contributed by atoms with E-state index >= 15 is 0 Å². The number of hydrogen-bond acceptors (Lipinski definition) is 15. The van der Waals surface area contributed by atoms with E-state index in [-0.39, 0.29) is 112 Å². The second-order valence-corrected chi connectivity index (χ2v) is 14.2. The van der Waals surface area contributed by atoms with Crippen molar-refractivity contribution in [3.63, 3.8) is 0 Å². The number of nitrogens with one attached hydrogen (secondary N) is 3. The third-order valence-electron chi connectivity index (χ3n) is 8.62. The summed E-state index contributed by atoms with van der Waals surface area (Å²) in [6.07, 6.45) is 3.14. The third kappa shape index (κ3) is 22.5. The van der Waals surface area contributed by atoms with Gasteiger partial charge in [-0.1, -0.05) is 16.7 Å². The molecule has 0 aromatic heterocycles. The summed E-state index contributed by atoms with van der Waals surface area (Å²) < 4.78 is 15.8. The Kier molecular flexibility index (Phi) is 24.4. The van der Waals surface area contributed by atoms with Crippen LogP contribution in [0.5, 0.6) is 0 Å². The summed E-state index contributed by atoms with van der Waals surface area (Å²) in [5, 5.41) is 45.2. The van der Waals surface area contributed by atoms with Gasteiger partial charge in [-0.3, -0.25) is 28.8 Å². The van der Waals surface area contributed by atoms with Gasteiger partial charge in [0.2, 0.25) is 35.4 Å². The van der Waals surface area contributed by atoms with E-state index in [2.05, 4.69) is 16.0 Å². The highest BCUT2D eigenvalue weighted by Gasteiger charge is 2.24. The number of carbonyl (C=O) groups excluding carboxylic acids is 9. The highest BCUT2D eigenvalue weighted by molar-refractivity contribution is 5.90. The highest BCUT2D eigenvalue weighted by atomic mass is 16.5. The van der Waals surface area contributed by atoms with Crippen molar-refractivity contribution in [3.05, 3.63) is 50.6 Å². The van der Waals surface area contributed by atoms with Crippen molar-refractivity contribution in [2.75, 3.05) is 39.5 Å². The smallest absolute Gasteiger partial charge is 0.328 e. The first-order chi connectivity index (χ1) is 28.2. The van der Waals surface area contributed by atoms with Gasteiger partial charge in [0.05, 0.1) is 19.8 Å². The van der Waals surface area contributed by atoms with Crippen LogP contribution in [0.2, 0.25) is 0 Å².